The summed E-state index contributed by atoms with van der Waals surface area (Å²) in [7, 11) is 3.73. The second-order valence-electron chi connectivity index (χ2n) is 5.20. The van der Waals surface area contributed by atoms with Crippen molar-refractivity contribution in [1.29, 1.82) is 0 Å². The van der Waals surface area contributed by atoms with Crippen molar-refractivity contribution in [2.75, 3.05) is 40.4 Å². The van der Waals surface area contributed by atoms with E-state index in [-0.39, 0.29) is 11.8 Å². The Morgan fingerprint density at radius 2 is 2.00 bits per heavy atom. The van der Waals surface area contributed by atoms with Crippen molar-refractivity contribution in [2.45, 2.75) is 31.7 Å². The van der Waals surface area contributed by atoms with Crippen LogP contribution in [-0.2, 0) is 9.53 Å². The summed E-state index contributed by atoms with van der Waals surface area (Å²) >= 11 is 0. The van der Waals surface area contributed by atoms with Crippen LogP contribution < -0.4 is 11.1 Å². The van der Waals surface area contributed by atoms with Gasteiger partial charge in [-0.1, -0.05) is 0 Å². The number of nitrogens with one attached hydrogen (secondary N) is 1. The third-order valence-electron chi connectivity index (χ3n) is 3.61. The Balaban J connectivity index is 2.09. The van der Waals surface area contributed by atoms with Gasteiger partial charge in [0.05, 0.1) is 6.61 Å². The molecule has 1 rings (SSSR count). The Morgan fingerprint density at radius 3 is 2.61 bits per heavy atom. The normalized spacial score (nSPS) is 24.2. The fraction of sp³-hybridized carbons (Fsp3) is 0.923. The predicted octanol–water partition coefficient (Wildman–Crippen LogP) is 0.198. The standard InChI is InChI=1S/C13H27N3O2/c1-16(9-10-18-2)8-7-15-13(17)11-3-5-12(14)6-4-11/h11-12H,3-10,14H2,1-2H3,(H,15,17). The van der Waals surface area contributed by atoms with Crippen LogP contribution in [0.4, 0.5) is 0 Å². The van der Waals surface area contributed by atoms with Gasteiger partial charge in [-0.05, 0) is 32.7 Å². The molecule has 0 saturated heterocycles. The van der Waals surface area contributed by atoms with Crippen molar-refractivity contribution in [2.24, 2.45) is 11.7 Å². The second-order valence-corrected chi connectivity index (χ2v) is 5.20. The van der Waals surface area contributed by atoms with Crippen LogP contribution in [0.5, 0.6) is 0 Å². The van der Waals surface area contributed by atoms with Crippen LogP contribution in [0, 0.1) is 5.92 Å². The Hall–Kier alpha value is -0.650. The summed E-state index contributed by atoms with van der Waals surface area (Å²) in [6, 6.07) is 0.300. The molecule has 1 aliphatic carbocycles. The molecular formula is C13H27N3O2. The van der Waals surface area contributed by atoms with E-state index in [2.05, 4.69) is 10.2 Å². The average Bonchev–Trinajstić information content (AvgIpc) is 2.37. The summed E-state index contributed by atoms with van der Waals surface area (Å²) in [4.78, 5) is 14.1. The SMILES string of the molecule is COCCN(C)CCNC(=O)C1CCC(N)CC1. The van der Waals surface area contributed by atoms with Gasteiger partial charge in [0, 0.05) is 38.7 Å². The number of ether oxygens (including phenoxy) is 1. The molecule has 106 valence electrons. The van der Waals surface area contributed by atoms with Gasteiger partial charge in [-0.2, -0.15) is 0 Å². The highest BCUT2D eigenvalue weighted by Crippen LogP contribution is 2.22. The van der Waals surface area contributed by atoms with E-state index in [1.54, 1.807) is 7.11 Å². The summed E-state index contributed by atoms with van der Waals surface area (Å²) in [6.07, 6.45) is 3.83. The number of nitrogens with two attached hydrogens (primary N) is 1. The van der Waals surface area contributed by atoms with Crippen LogP contribution in [0.25, 0.3) is 0 Å². The molecule has 18 heavy (non-hydrogen) atoms. The number of hydrogen-bond acceptors (Lipinski definition) is 4. The lowest BCUT2D eigenvalue weighted by Gasteiger charge is -2.25. The molecule has 0 aliphatic heterocycles. The van der Waals surface area contributed by atoms with Crippen molar-refractivity contribution in [3.05, 3.63) is 0 Å². The largest absolute Gasteiger partial charge is 0.383 e. The number of likely N-dealkylation sites (N-methyl/N-ethyl adjacent to an activating group) is 1. The highest BCUT2D eigenvalue weighted by molar-refractivity contribution is 5.78. The molecule has 1 aliphatic rings. The van der Waals surface area contributed by atoms with Crippen LogP contribution >= 0.6 is 0 Å². The Bertz CT molecular complexity index is 240. The van der Waals surface area contributed by atoms with Gasteiger partial charge in [0.15, 0.2) is 0 Å². The summed E-state index contributed by atoms with van der Waals surface area (Å²) in [5.41, 5.74) is 5.83. The minimum Gasteiger partial charge on any atom is -0.383 e. The zero-order valence-corrected chi connectivity index (χ0v) is 11.7. The fourth-order valence-corrected chi connectivity index (χ4v) is 2.25. The second kappa shape index (κ2) is 8.45. The maximum absolute atomic E-state index is 11.9. The molecule has 3 N–H and O–H groups in total. The number of carbonyl (C=O) groups is 1. The number of hydrogen-bond donors (Lipinski definition) is 2. The van der Waals surface area contributed by atoms with Crippen LogP contribution in [-0.4, -0.2) is 57.2 Å². The molecule has 0 spiro atoms. The first-order valence-corrected chi connectivity index (χ1v) is 6.84. The molecule has 0 aromatic carbocycles. The first-order valence-electron chi connectivity index (χ1n) is 6.84. The van der Waals surface area contributed by atoms with E-state index in [1.807, 2.05) is 7.05 Å². The predicted molar refractivity (Wildman–Crippen MR) is 72.3 cm³/mol. The fourth-order valence-electron chi connectivity index (χ4n) is 2.25. The quantitative estimate of drug-likeness (QED) is 0.683. The van der Waals surface area contributed by atoms with E-state index in [0.717, 1.165) is 45.4 Å². The van der Waals surface area contributed by atoms with Gasteiger partial charge in [0.2, 0.25) is 5.91 Å². The number of nitrogens with zero attached hydrogens (tertiary/aromatic N) is 1. The highest BCUT2D eigenvalue weighted by Gasteiger charge is 2.24. The lowest BCUT2D eigenvalue weighted by molar-refractivity contribution is -0.126. The molecule has 5 heteroatoms. The monoisotopic (exact) mass is 257 g/mol. The number of methoxy groups -OCH3 is 1. The minimum absolute atomic E-state index is 0.175. The summed E-state index contributed by atoms with van der Waals surface area (Å²) in [5.74, 6) is 0.371. The Morgan fingerprint density at radius 1 is 1.33 bits per heavy atom. The molecule has 0 bridgehead atoms. The van der Waals surface area contributed by atoms with Crippen molar-refractivity contribution in [3.63, 3.8) is 0 Å². The van der Waals surface area contributed by atoms with Gasteiger partial charge in [-0.15, -0.1) is 0 Å². The van der Waals surface area contributed by atoms with E-state index in [4.69, 9.17) is 10.5 Å². The number of amides is 1. The minimum atomic E-state index is 0.175. The maximum Gasteiger partial charge on any atom is 0.223 e. The molecular weight excluding hydrogens is 230 g/mol. The van der Waals surface area contributed by atoms with Gasteiger partial charge in [0.1, 0.15) is 0 Å². The van der Waals surface area contributed by atoms with Crippen molar-refractivity contribution < 1.29 is 9.53 Å². The van der Waals surface area contributed by atoms with Gasteiger partial charge in [-0.25, -0.2) is 0 Å². The Kier molecular flexibility index (Phi) is 7.23. The molecule has 0 atom stereocenters. The lowest BCUT2D eigenvalue weighted by Crippen LogP contribution is -2.39. The van der Waals surface area contributed by atoms with Crippen LogP contribution in [0.1, 0.15) is 25.7 Å². The summed E-state index contributed by atoms with van der Waals surface area (Å²) < 4.78 is 5.00. The molecule has 1 fully saturated rings. The van der Waals surface area contributed by atoms with E-state index in [1.165, 1.54) is 0 Å². The zero-order valence-electron chi connectivity index (χ0n) is 11.7. The van der Waals surface area contributed by atoms with E-state index < -0.39 is 0 Å². The first-order chi connectivity index (χ1) is 8.63. The molecule has 5 nitrogen and oxygen atoms in total. The van der Waals surface area contributed by atoms with Crippen LogP contribution in [0.3, 0.4) is 0 Å². The van der Waals surface area contributed by atoms with Crippen LogP contribution in [0.2, 0.25) is 0 Å². The zero-order chi connectivity index (χ0) is 13.4. The van der Waals surface area contributed by atoms with E-state index >= 15 is 0 Å². The smallest absolute Gasteiger partial charge is 0.223 e. The number of rotatable bonds is 7. The summed E-state index contributed by atoms with van der Waals surface area (Å²) in [5, 5.41) is 3.01. The number of carbonyl (C=O) groups excluding carboxylic acids is 1. The highest BCUT2D eigenvalue weighted by atomic mass is 16.5. The van der Waals surface area contributed by atoms with Gasteiger partial charge in [-0.3, -0.25) is 4.79 Å². The summed E-state index contributed by atoms with van der Waals surface area (Å²) in [6.45, 7) is 3.19. The van der Waals surface area contributed by atoms with Crippen molar-refractivity contribution in [1.82, 2.24) is 10.2 Å². The van der Waals surface area contributed by atoms with Gasteiger partial charge < -0.3 is 20.7 Å². The third-order valence-corrected chi connectivity index (χ3v) is 3.61. The molecule has 0 radical (unpaired) electrons. The lowest BCUT2D eigenvalue weighted by atomic mass is 9.86. The van der Waals surface area contributed by atoms with E-state index in [9.17, 15) is 4.79 Å². The third kappa shape index (κ3) is 5.80. The molecule has 0 heterocycles. The maximum atomic E-state index is 11.9. The van der Waals surface area contributed by atoms with Crippen molar-refractivity contribution >= 4 is 5.91 Å². The van der Waals surface area contributed by atoms with E-state index in [0.29, 0.717) is 12.6 Å². The topological polar surface area (TPSA) is 67.6 Å². The van der Waals surface area contributed by atoms with Crippen LogP contribution in [0.15, 0.2) is 0 Å². The average molecular weight is 257 g/mol. The van der Waals surface area contributed by atoms with Gasteiger partial charge in [0.25, 0.3) is 0 Å². The molecule has 1 amide bonds. The first kappa shape index (κ1) is 15.4. The van der Waals surface area contributed by atoms with Gasteiger partial charge >= 0.3 is 0 Å². The Labute approximate surface area is 110 Å². The molecule has 0 aromatic rings. The molecule has 1 saturated carbocycles. The molecule has 0 aromatic heterocycles. The molecule has 0 unspecified atom stereocenters. The van der Waals surface area contributed by atoms with Crippen molar-refractivity contribution in [3.8, 4) is 0 Å².